The fourth-order valence-corrected chi connectivity index (χ4v) is 3.15. The summed E-state index contributed by atoms with van der Waals surface area (Å²) in [7, 11) is 0. The summed E-state index contributed by atoms with van der Waals surface area (Å²) in [5, 5.41) is 0. The molecule has 1 fully saturated rings. The first kappa shape index (κ1) is 14.1. The molecule has 21 heavy (non-hydrogen) atoms. The number of rotatable bonds is 2. The molecule has 0 aliphatic heterocycles. The Hall–Kier alpha value is -1.90. The highest BCUT2D eigenvalue weighted by Gasteiger charge is 2.20. The zero-order valence-electron chi connectivity index (χ0n) is 12.7. The number of hydrogen-bond acceptors (Lipinski definition) is 3. The van der Waals surface area contributed by atoms with Crippen molar-refractivity contribution in [3.63, 3.8) is 0 Å². The van der Waals surface area contributed by atoms with E-state index in [1.54, 1.807) is 0 Å². The normalized spacial score (nSPS) is 16.6. The summed E-state index contributed by atoms with van der Waals surface area (Å²) in [5.74, 6) is 2.04. The van der Waals surface area contributed by atoms with E-state index in [-0.39, 0.29) is 0 Å². The van der Waals surface area contributed by atoms with Crippen LogP contribution in [0.3, 0.4) is 0 Å². The highest BCUT2D eigenvalue weighted by Crippen LogP contribution is 2.32. The Morgan fingerprint density at radius 3 is 2.29 bits per heavy atom. The smallest absolute Gasteiger partial charge is 0.134 e. The summed E-state index contributed by atoms with van der Waals surface area (Å²) in [6.07, 6.45) is 7.62. The molecule has 1 aliphatic rings. The van der Waals surface area contributed by atoms with Gasteiger partial charge in [0.05, 0.1) is 5.69 Å². The highest BCUT2D eigenvalue weighted by molar-refractivity contribution is 5.67. The van der Waals surface area contributed by atoms with Crippen molar-refractivity contribution in [2.75, 3.05) is 5.73 Å². The maximum Gasteiger partial charge on any atom is 0.134 e. The van der Waals surface area contributed by atoms with E-state index in [4.69, 9.17) is 10.7 Å². The number of hydrogen-bond donors (Lipinski definition) is 1. The van der Waals surface area contributed by atoms with Gasteiger partial charge in [-0.05, 0) is 19.8 Å². The third-order valence-electron chi connectivity index (χ3n) is 4.47. The molecule has 1 aromatic heterocycles. The maximum atomic E-state index is 6.15. The number of nitrogens with two attached hydrogens (primary N) is 1. The number of nitrogens with zero attached hydrogens (tertiary/aromatic N) is 2. The molecule has 2 N–H and O–H groups in total. The van der Waals surface area contributed by atoms with Crippen LogP contribution in [0, 0.1) is 6.92 Å². The van der Waals surface area contributed by atoms with Gasteiger partial charge in [-0.25, -0.2) is 9.97 Å². The van der Waals surface area contributed by atoms with Gasteiger partial charge in [0.25, 0.3) is 0 Å². The van der Waals surface area contributed by atoms with Crippen molar-refractivity contribution < 1.29 is 0 Å². The third kappa shape index (κ3) is 3.07. The Labute approximate surface area is 126 Å². The lowest BCUT2D eigenvalue weighted by Crippen LogP contribution is -2.09. The summed E-state index contributed by atoms with van der Waals surface area (Å²) in [5.41, 5.74) is 9.25. The van der Waals surface area contributed by atoms with Crippen LogP contribution in [0.25, 0.3) is 11.3 Å². The minimum atomic E-state index is 0.470. The van der Waals surface area contributed by atoms with Gasteiger partial charge in [0.1, 0.15) is 11.6 Å². The molecule has 3 nitrogen and oxygen atoms in total. The Balaban J connectivity index is 2.01. The molecule has 0 unspecified atom stereocenters. The van der Waals surface area contributed by atoms with Gasteiger partial charge in [-0.2, -0.15) is 0 Å². The SMILES string of the molecule is Cc1c(N)nc(C2CCCCCC2)nc1-c1ccccc1. The van der Waals surface area contributed by atoms with Gasteiger partial charge < -0.3 is 5.73 Å². The zero-order chi connectivity index (χ0) is 14.7. The second-order valence-corrected chi connectivity index (χ2v) is 6.00. The predicted molar refractivity (Wildman–Crippen MR) is 87.1 cm³/mol. The van der Waals surface area contributed by atoms with Crippen LogP contribution < -0.4 is 5.73 Å². The van der Waals surface area contributed by atoms with Gasteiger partial charge in [-0.15, -0.1) is 0 Å². The van der Waals surface area contributed by atoms with Crippen molar-refractivity contribution in [3.05, 3.63) is 41.7 Å². The molecule has 3 heteroatoms. The van der Waals surface area contributed by atoms with Crippen molar-refractivity contribution in [1.82, 2.24) is 9.97 Å². The van der Waals surface area contributed by atoms with Crippen molar-refractivity contribution in [1.29, 1.82) is 0 Å². The third-order valence-corrected chi connectivity index (χ3v) is 4.47. The van der Waals surface area contributed by atoms with Crippen LogP contribution in [0.15, 0.2) is 30.3 Å². The molecular formula is C18H23N3. The quantitative estimate of drug-likeness (QED) is 0.826. The van der Waals surface area contributed by atoms with E-state index in [1.165, 1.54) is 38.5 Å². The van der Waals surface area contributed by atoms with E-state index in [0.29, 0.717) is 11.7 Å². The molecule has 1 aromatic carbocycles. The Morgan fingerprint density at radius 2 is 1.62 bits per heavy atom. The monoisotopic (exact) mass is 281 g/mol. The average molecular weight is 281 g/mol. The van der Waals surface area contributed by atoms with E-state index in [2.05, 4.69) is 17.1 Å². The van der Waals surface area contributed by atoms with Crippen molar-refractivity contribution in [2.24, 2.45) is 0 Å². The van der Waals surface area contributed by atoms with Crippen LogP contribution in [0.5, 0.6) is 0 Å². The van der Waals surface area contributed by atoms with Crippen molar-refractivity contribution in [3.8, 4) is 11.3 Å². The largest absolute Gasteiger partial charge is 0.383 e. The van der Waals surface area contributed by atoms with Gasteiger partial charge in [0.2, 0.25) is 0 Å². The number of nitrogen functional groups attached to an aromatic ring is 1. The van der Waals surface area contributed by atoms with Crippen LogP contribution >= 0.6 is 0 Å². The van der Waals surface area contributed by atoms with Crippen LogP contribution in [-0.2, 0) is 0 Å². The minimum Gasteiger partial charge on any atom is -0.383 e. The van der Waals surface area contributed by atoms with Crippen molar-refractivity contribution in [2.45, 2.75) is 51.4 Å². The number of anilines is 1. The molecule has 2 aromatic rings. The molecule has 3 rings (SSSR count). The summed E-state index contributed by atoms with van der Waals surface area (Å²) in [4.78, 5) is 9.47. The molecule has 0 bridgehead atoms. The lowest BCUT2D eigenvalue weighted by Gasteiger charge is -2.16. The molecule has 1 heterocycles. The minimum absolute atomic E-state index is 0.470. The molecule has 110 valence electrons. The molecule has 1 saturated carbocycles. The summed E-state index contributed by atoms with van der Waals surface area (Å²) in [6.45, 7) is 2.01. The first-order valence-electron chi connectivity index (χ1n) is 7.95. The fourth-order valence-electron chi connectivity index (χ4n) is 3.15. The second-order valence-electron chi connectivity index (χ2n) is 6.00. The highest BCUT2D eigenvalue weighted by atomic mass is 15.0. The summed E-state index contributed by atoms with van der Waals surface area (Å²) < 4.78 is 0. The molecule has 0 spiro atoms. The summed E-state index contributed by atoms with van der Waals surface area (Å²) >= 11 is 0. The number of aromatic nitrogens is 2. The van der Waals surface area contributed by atoms with Gasteiger partial charge in [0, 0.05) is 17.0 Å². The predicted octanol–water partition coefficient (Wildman–Crippen LogP) is 4.47. The topological polar surface area (TPSA) is 51.8 Å². The van der Waals surface area contributed by atoms with Crippen molar-refractivity contribution >= 4 is 5.82 Å². The van der Waals surface area contributed by atoms with E-state index < -0.39 is 0 Å². The lowest BCUT2D eigenvalue weighted by atomic mass is 9.98. The molecular weight excluding hydrogens is 258 g/mol. The average Bonchev–Trinajstić information content (AvgIpc) is 2.80. The molecule has 0 atom stereocenters. The van der Waals surface area contributed by atoms with Gasteiger partial charge in [0.15, 0.2) is 0 Å². The van der Waals surface area contributed by atoms with Gasteiger partial charge >= 0.3 is 0 Å². The van der Waals surface area contributed by atoms with E-state index in [0.717, 1.165) is 22.6 Å². The maximum absolute atomic E-state index is 6.15. The Morgan fingerprint density at radius 1 is 0.952 bits per heavy atom. The molecule has 0 radical (unpaired) electrons. The van der Waals surface area contributed by atoms with E-state index in [9.17, 15) is 0 Å². The molecule has 1 aliphatic carbocycles. The van der Waals surface area contributed by atoms with Crippen LogP contribution in [0.2, 0.25) is 0 Å². The zero-order valence-corrected chi connectivity index (χ0v) is 12.7. The fraction of sp³-hybridized carbons (Fsp3) is 0.444. The molecule has 0 amide bonds. The van der Waals surface area contributed by atoms with Crippen LogP contribution in [-0.4, -0.2) is 9.97 Å². The van der Waals surface area contributed by atoms with Gasteiger partial charge in [-0.1, -0.05) is 56.0 Å². The van der Waals surface area contributed by atoms with Crippen LogP contribution in [0.4, 0.5) is 5.82 Å². The standard InChI is InChI=1S/C18H23N3/c1-13-16(14-9-7-4-8-10-14)20-18(21-17(13)19)15-11-5-2-3-6-12-15/h4,7-10,15H,2-3,5-6,11-12H2,1H3,(H2,19,20,21). The lowest BCUT2D eigenvalue weighted by molar-refractivity contribution is 0.561. The molecule has 0 saturated heterocycles. The first-order chi connectivity index (χ1) is 10.3. The van der Waals surface area contributed by atoms with E-state index in [1.807, 2.05) is 25.1 Å². The number of benzene rings is 1. The Kier molecular flexibility index (Phi) is 4.18. The van der Waals surface area contributed by atoms with Crippen LogP contribution in [0.1, 0.15) is 55.8 Å². The van der Waals surface area contributed by atoms with Gasteiger partial charge in [-0.3, -0.25) is 0 Å². The first-order valence-corrected chi connectivity index (χ1v) is 7.95. The van der Waals surface area contributed by atoms with E-state index >= 15 is 0 Å². The summed E-state index contributed by atoms with van der Waals surface area (Å²) in [6, 6.07) is 10.3. The second kappa shape index (κ2) is 6.25. The Bertz CT molecular complexity index is 599.